The van der Waals surface area contributed by atoms with Gasteiger partial charge in [-0.25, -0.2) is 5.01 Å². The van der Waals surface area contributed by atoms with Crippen molar-refractivity contribution in [3.8, 4) is 17.2 Å². The number of hydrogen-bond acceptors (Lipinski definition) is 5. The Hall–Kier alpha value is -3.68. The second kappa shape index (κ2) is 7.43. The average molecular weight is 452 g/mol. The zero-order valence-electron chi connectivity index (χ0n) is 17.4. The number of nitrogens with zero attached hydrogens (tertiary/aromatic N) is 2. The molecule has 3 aliphatic rings. The lowest BCUT2D eigenvalue weighted by Crippen LogP contribution is -2.33. The van der Waals surface area contributed by atoms with Crippen LogP contribution in [0.2, 0.25) is 0 Å². The first kappa shape index (κ1) is 20.0. The fraction of sp³-hybridized carbons (Fsp3) is 0.240. The largest absolute Gasteiger partial charge is 0.486 e. The van der Waals surface area contributed by atoms with Gasteiger partial charge in [0.05, 0.1) is 17.3 Å². The Bertz CT molecular complexity index is 1240. The van der Waals surface area contributed by atoms with Gasteiger partial charge < -0.3 is 14.2 Å². The van der Waals surface area contributed by atoms with E-state index in [1.807, 2.05) is 47.5 Å². The molecule has 5 nitrogen and oxygen atoms in total. The van der Waals surface area contributed by atoms with Gasteiger partial charge in [0.25, 0.3) is 0 Å². The van der Waals surface area contributed by atoms with Gasteiger partial charge in [-0.1, -0.05) is 30.3 Å². The van der Waals surface area contributed by atoms with Crippen LogP contribution in [0.3, 0.4) is 0 Å². The third-order valence-electron chi connectivity index (χ3n) is 6.10. The lowest BCUT2D eigenvalue weighted by atomic mass is 9.95. The Morgan fingerprint density at radius 3 is 2.39 bits per heavy atom. The second-order valence-electron chi connectivity index (χ2n) is 8.13. The molecule has 0 saturated carbocycles. The molecule has 2 atom stereocenters. The Labute approximate surface area is 188 Å². The fourth-order valence-corrected chi connectivity index (χ4v) is 4.49. The molecule has 0 unspecified atom stereocenters. The molecule has 3 aromatic rings. The summed E-state index contributed by atoms with van der Waals surface area (Å²) in [5.74, 6) is 2.10. The standard InChI is InChI=1S/C25H19F3N2O3/c26-25(27,28)17-8-5-15(6-9-17)24-30-20(18-3-1-2-4-21(18)33-24)14-19(29-30)16-7-10-22-23(13-16)32-12-11-31-22/h1-10,13,20,24H,11-12,14H2/t20-,24+/m0/s1. The maximum absolute atomic E-state index is 13.1. The van der Waals surface area contributed by atoms with E-state index < -0.39 is 18.0 Å². The summed E-state index contributed by atoms with van der Waals surface area (Å²) in [6.07, 6.45) is -4.39. The van der Waals surface area contributed by atoms with Crippen LogP contribution in [0.1, 0.15) is 40.9 Å². The normalized spacial score (nSPS) is 21.1. The van der Waals surface area contributed by atoms with Crippen LogP contribution in [0, 0.1) is 0 Å². The molecule has 33 heavy (non-hydrogen) atoms. The molecule has 0 amide bonds. The van der Waals surface area contributed by atoms with Crippen molar-refractivity contribution in [2.75, 3.05) is 13.2 Å². The summed E-state index contributed by atoms with van der Waals surface area (Å²) in [5.41, 5.74) is 2.68. The maximum Gasteiger partial charge on any atom is 0.416 e. The van der Waals surface area contributed by atoms with E-state index in [1.165, 1.54) is 12.1 Å². The molecule has 0 spiro atoms. The predicted octanol–water partition coefficient (Wildman–Crippen LogP) is 5.72. The van der Waals surface area contributed by atoms with Crippen molar-refractivity contribution in [1.82, 2.24) is 5.01 Å². The van der Waals surface area contributed by atoms with Crippen LogP contribution in [0.25, 0.3) is 0 Å². The molecular weight excluding hydrogens is 433 g/mol. The van der Waals surface area contributed by atoms with Crippen LogP contribution in [0.15, 0.2) is 71.8 Å². The van der Waals surface area contributed by atoms with E-state index in [1.54, 1.807) is 0 Å². The molecular formula is C25H19F3N2O3. The number of rotatable bonds is 2. The number of hydrazone groups is 1. The molecule has 0 radical (unpaired) electrons. The van der Waals surface area contributed by atoms with Gasteiger partial charge in [-0.2, -0.15) is 18.3 Å². The van der Waals surface area contributed by atoms with Crippen molar-refractivity contribution in [1.29, 1.82) is 0 Å². The van der Waals surface area contributed by atoms with E-state index in [0.29, 0.717) is 42.4 Å². The summed E-state index contributed by atoms with van der Waals surface area (Å²) in [6.45, 7) is 1.01. The van der Waals surface area contributed by atoms with Gasteiger partial charge in [0.15, 0.2) is 11.5 Å². The van der Waals surface area contributed by atoms with Gasteiger partial charge in [-0.15, -0.1) is 0 Å². The lowest BCUT2D eigenvalue weighted by Gasteiger charge is -2.38. The number of para-hydroxylation sites is 1. The highest BCUT2D eigenvalue weighted by Gasteiger charge is 2.41. The minimum Gasteiger partial charge on any atom is -0.486 e. The van der Waals surface area contributed by atoms with Crippen LogP contribution in [-0.4, -0.2) is 23.9 Å². The molecule has 0 aliphatic carbocycles. The number of alkyl halides is 3. The molecule has 3 aliphatic heterocycles. The monoisotopic (exact) mass is 452 g/mol. The second-order valence-corrected chi connectivity index (χ2v) is 8.13. The molecule has 168 valence electrons. The van der Waals surface area contributed by atoms with Crippen molar-refractivity contribution in [2.45, 2.75) is 24.9 Å². The van der Waals surface area contributed by atoms with E-state index in [-0.39, 0.29) is 6.04 Å². The van der Waals surface area contributed by atoms with E-state index in [9.17, 15) is 13.2 Å². The van der Waals surface area contributed by atoms with Crippen LogP contribution < -0.4 is 14.2 Å². The number of ether oxygens (including phenoxy) is 3. The molecule has 0 fully saturated rings. The third-order valence-corrected chi connectivity index (χ3v) is 6.10. The zero-order valence-corrected chi connectivity index (χ0v) is 17.4. The highest BCUT2D eigenvalue weighted by Crippen LogP contribution is 2.48. The lowest BCUT2D eigenvalue weighted by molar-refractivity contribution is -0.137. The summed E-state index contributed by atoms with van der Waals surface area (Å²) in [4.78, 5) is 0. The summed E-state index contributed by atoms with van der Waals surface area (Å²) < 4.78 is 56.7. The molecule has 8 heteroatoms. The van der Waals surface area contributed by atoms with E-state index >= 15 is 0 Å². The highest BCUT2D eigenvalue weighted by molar-refractivity contribution is 6.02. The van der Waals surface area contributed by atoms with E-state index in [0.717, 1.165) is 29.0 Å². The average Bonchev–Trinajstić information content (AvgIpc) is 3.29. The number of fused-ring (bicyclic) bond motifs is 4. The van der Waals surface area contributed by atoms with Crippen molar-refractivity contribution >= 4 is 5.71 Å². The Balaban J connectivity index is 1.38. The predicted molar refractivity (Wildman–Crippen MR) is 114 cm³/mol. The molecule has 0 bridgehead atoms. The zero-order chi connectivity index (χ0) is 22.6. The van der Waals surface area contributed by atoms with Crippen LogP contribution in [0.4, 0.5) is 13.2 Å². The van der Waals surface area contributed by atoms with Crippen molar-refractivity contribution in [3.63, 3.8) is 0 Å². The quantitative estimate of drug-likeness (QED) is 0.499. The fourth-order valence-electron chi connectivity index (χ4n) is 4.49. The van der Waals surface area contributed by atoms with E-state index in [2.05, 4.69) is 0 Å². The van der Waals surface area contributed by atoms with Crippen molar-refractivity contribution in [3.05, 3.63) is 89.0 Å². The smallest absolute Gasteiger partial charge is 0.416 e. The van der Waals surface area contributed by atoms with Crippen LogP contribution in [0.5, 0.6) is 17.2 Å². The van der Waals surface area contributed by atoms with Crippen LogP contribution >= 0.6 is 0 Å². The molecule has 6 rings (SSSR count). The summed E-state index contributed by atoms with van der Waals surface area (Å²) in [5, 5.41) is 6.71. The van der Waals surface area contributed by atoms with Crippen molar-refractivity contribution in [2.24, 2.45) is 5.10 Å². The topological polar surface area (TPSA) is 43.3 Å². The third kappa shape index (κ3) is 3.46. The van der Waals surface area contributed by atoms with Crippen molar-refractivity contribution < 1.29 is 27.4 Å². The summed E-state index contributed by atoms with van der Waals surface area (Å²) in [7, 11) is 0. The molecule has 3 heterocycles. The Morgan fingerprint density at radius 2 is 1.61 bits per heavy atom. The summed E-state index contributed by atoms with van der Waals surface area (Å²) >= 11 is 0. The van der Waals surface area contributed by atoms with Gasteiger partial charge in [-0.05, 0) is 36.4 Å². The minimum atomic E-state index is -4.39. The Morgan fingerprint density at radius 1 is 0.848 bits per heavy atom. The number of halogens is 3. The molecule has 0 saturated heterocycles. The first-order chi connectivity index (χ1) is 16.0. The van der Waals surface area contributed by atoms with Gasteiger partial charge in [0.1, 0.15) is 19.0 Å². The SMILES string of the molecule is FC(F)(F)c1ccc([C@H]2Oc3ccccc3[C@@H]3CC(c4ccc5c(c4)OCCO5)=NN23)cc1. The van der Waals surface area contributed by atoms with Crippen LogP contribution in [-0.2, 0) is 6.18 Å². The maximum atomic E-state index is 13.1. The summed E-state index contributed by atoms with van der Waals surface area (Å²) in [6, 6.07) is 18.4. The first-order valence-corrected chi connectivity index (χ1v) is 10.7. The van der Waals surface area contributed by atoms with E-state index in [4.69, 9.17) is 19.3 Å². The highest BCUT2D eigenvalue weighted by atomic mass is 19.4. The van der Waals surface area contributed by atoms with Gasteiger partial charge in [0, 0.05) is 23.1 Å². The Kier molecular flexibility index (Phi) is 4.50. The molecule has 3 aromatic carbocycles. The first-order valence-electron chi connectivity index (χ1n) is 10.7. The molecule has 0 N–H and O–H groups in total. The molecule has 0 aromatic heterocycles. The van der Waals surface area contributed by atoms with Gasteiger partial charge in [0.2, 0.25) is 6.23 Å². The number of benzene rings is 3. The number of hydrogen-bond donors (Lipinski definition) is 0. The minimum absolute atomic E-state index is 0.0922. The van der Waals surface area contributed by atoms with Gasteiger partial charge >= 0.3 is 6.18 Å². The van der Waals surface area contributed by atoms with Gasteiger partial charge in [-0.3, -0.25) is 0 Å².